The Morgan fingerprint density at radius 2 is 1.84 bits per heavy atom. The van der Waals surface area contributed by atoms with Crippen LogP contribution in [-0.4, -0.2) is 76.4 Å². The van der Waals surface area contributed by atoms with E-state index in [1.54, 1.807) is 49.3 Å². The molecule has 2 aromatic carbocycles. The number of nitrogens with zero attached hydrogens (tertiary/aromatic N) is 4. The zero-order valence-electron chi connectivity index (χ0n) is 29.5. The molecule has 1 aliphatic rings. The molecule has 15 heteroatoms. The molecule has 1 saturated heterocycles. The number of methoxy groups -OCH3 is 1. The van der Waals surface area contributed by atoms with Crippen molar-refractivity contribution in [3.05, 3.63) is 71.8 Å². The Bertz CT molecular complexity index is 1860. The van der Waals surface area contributed by atoms with Gasteiger partial charge in [0.15, 0.2) is 0 Å². The number of carbonyl (C=O) groups is 3. The lowest BCUT2D eigenvalue weighted by molar-refractivity contribution is -0.143. The highest BCUT2D eigenvalue weighted by atomic mass is 35.5. The maximum atomic E-state index is 13.9. The summed E-state index contributed by atoms with van der Waals surface area (Å²) in [6.07, 6.45) is 4.25. The number of hydrogen-bond donors (Lipinski definition) is 4. The van der Waals surface area contributed by atoms with Crippen LogP contribution in [0.4, 0.5) is 17.2 Å². The maximum absolute atomic E-state index is 13.9. The molecule has 0 spiro atoms. The Morgan fingerprint density at radius 3 is 2.51 bits per heavy atom. The maximum Gasteiger partial charge on any atom is 0.247 e. The number of likely N-dealkylation sites (tertiary alicyclic amines) is 1. The number of nitrogens with one attached hydrogen (secondary N) is 4. The van der Waals surface area contributed by atoms with Crippen LogP contribution in [0.1, 0.15) is 46.2 Å². The number of likely N-dealkylation sites (N-methyl/N-ethyl adjacent to an activating group) is 1. The molecule has 0 unspecified atom stereocenters. The number of anilines is 3. The van der Waals surface area contributed by atoms with Crippen molar-refractivity contribution in [2.45, 2.75) is 65.3 Å². The van der Waals surface area contributed by atoms with E-state index in [4.69, 9.17) is 21.1 Å². The lowest BCUT2D eigenvalue weighted by Gasteiger charge is -2.36. The molecule has 1 fully saturated rings. The molecule has 0 aliphatic carbocycles. The summed E-state index contributed by atoms with van der Waals surface area (Å²) in [4.78, 5) is 55.2. The molecule has 13 nitrogen and oxygen atoms in total. The number of rotatable bonds is 12. The molecule has 2 aromatic heterocycles. The Morgan fingerprint density at radius 1 is 1.06 bits per heavy atom. The van der Waals surface area contributed by atoms with Crippen molar-refractivity contribution in [1.82, 2.24) is 30.5 Å². The molecule has 51 heavy (non-hydrogen) atoms. The highest BCUT2D eigenvalue weighted by Crippen LogP contribution is 2.35. The van der Waals surface area contributed by atoms with Gasteiger partial charge in [0.1, 0.15) is 42.3 Å². The lowest BCUT2D eigenvalue weighted by atomic mass is 9.85. The third-order valence-corrected chi connectivity index (χ3v) is 8.87. The minimum absolute atomic E-state index is 0. The van der Waals surface area contributed by atoms with Crippen LogP contribution in [0.3, 0.4) is 0 Å². The average Bonchev–Trinajstić information content (AvgIpc) is 3.60. The van der Waals surface area contributed by atoms with Gasteiger partial charge >= 0.3 is 0 Å². The number of carbonyl (C=O) groups excluding carboxylic acids is 3. The van der Waals surface area contributed by atoms with E-state index in [1.807, 2.05) is 45.0 Å². The number of fused-ring (bicyclic) bond motifs is 1. The van der Waals surface area contributed by atoms with E-state index in [2.05, 4.69) is 36.2 Å². The topological polar surface area (TPSA) is 160 Å². The van der Waals surface area contributed by atoms with Crippen LogP contribution in [0.2, 0.25) is 5.02 Å². The van der Waals surface area contributed by atoms with E-state index in [1.165, 1.54) is 13.4 Å². The molecule has 3 heterocycles. The van der Waals surface area contributed by atoms with Gasteiger partial charge in [0.05, 0.1) is 35.1 Å². The minimum atomic E-state index is -0.824. The highest BCUT2D eigenvalue weighted by Gasteiger charge is 2.42. The van der Waals surface area contributed by atoms with Gasteiger partial charge in [0.2, 0.25) is 17.7 Å². The quantitative estimate of drug-likeness (QED) is 0.146. The van der Waals surface area contributed by atoms with E-state index in [9.17, 15) is 14.4 Å². The van der Waals surface area contributed by atoms with Gasteiger partial charge in [-0.2, -0.15) is 0 Å². The summed E-state index contributed by atoms with van der Waals surface area (Å²) in [6.45, 7) is 8.06. The minimum Gasteiger partial charge on any atom is -0.494 e. The number of pyridine rings is 1. The van der Waals surface area contributed by atoms with Gasteiger partial charge in [0.25, 0.3) is 0 Å². The first-order valence-corrected chi connectivity index (χ1v) is 16.8. The monoisotopic (exact) mass is 738 g/mol. The van der Waals surface area contributed by atoms with Gasteiger partial charge in [-0.15, -0.1) is 12.4 Å². The fourth-order valence-electron chi connectivity index (χ4n) is 5.65. The fourth-order valence-corrected chi connectivity index (χ4v) is 5.88. The summed E-state index contributed by atoms with van der Waals surface area (Å²) >= 11 is 6.55. The zero-order chi connectivity index (χ0) is 36.0. The molecule has 3 amide bonds. The number of amides is 3. The van der Waals surface area contributed by atoms with E-state index < -0.39 is 23.5 Å². The summed E-state index contributed by atoms with van der Waals surface area (Å²) < 4.78 is 11.5. The molecule has 3 atom stereocenters. The van der Waals surface area contributed by atoms with Crippen molar-refractivity contribution in [1.29, 1.82) is 0 Å². The standard InChI is InChI=1S/C36H43ClN8O5.ClH/c1-21(38-5)33(46)44-31(36(2,3)4)35(48)45-15-9-11-28(45)34(47)43-27-17-24-26(18-30(27)49-6)40-20-41-32(24)42-22-12-13-29(25(37)16-22)50-19-23-10-7-8-14-39-23;/h7-8,10,12-14,16-18,20-21,28,31,38H,9,11,15,19H2,1-6H3,(H,43,47)(H,44,46)(H,40,41,42);1H/t21-,28-,31+;/m0./s1. The molecular formula is C36H44Cl2N8O5. The number of benzene rings is 2. The summed E-state index contributed by atoms with van der Waals surface area (Å²) in [6, 6.07) is 12.3. The van der Waals surface area contributed by atoms with Crippen molar-refractivity contribution in [3.63, 3.8) is 0 Å². The largest absolute Gasteiger partial charge is 0.494 e. The van der Waals surface area contributed by atoms with E-state index in [0.29, 0.717) is 64.0 Å². The number of aromatic nitrogens is 3. The zero-order valence-corrected chi connectivity index (χ0v) is 31.0. The van der Waals surface area contributed by atoms with Gasteiger partial charge in [-0.25, -0.2) is 9.97 Å². The van der Waals surface area contributed by atoms with E-state index in [-0.39, 0.29) is 36.7 Å². The first kappa shape index (κ1) is 39.1. The van der Waals surface area contributed by atoms with Gasteiger partial charge in [-0.05, 0) is 68.6 Å². The fraction of sp³-hybridized carbons (Fsp3) is 0.389. The van der Waals surface area contributed by atoms with Crippen LogP contribution in [-0.2, 0) is 21.0 Å². The van der Waals surface area contributed by atoms with Crippen LogP contribution >= 0.6 is 24.0 Å². The Hall–Kier alpha value is -4.72. The molecular weight excluding hydrogens is 695 g/mol. The molecule has 0 saturated carbocycles. The smallest absolute Gasteiger partial charge is 0.247 e. The van der Waals surface area contributed by atoms with Gasteiger partial charge < -0.3 is 35.6 Å². The molecule has 5 rings (SSSR count). The summed E-state index contributed by atoms with van der Waals surface area (Å²) in [5, 5.41) is 13.1. The van der Waals surface area contributed by atoms with Crippen LogP contribution in [0.15, 0.2) is 61.1 Å². The first-order valence-electron chi connectivity index (χ1n) is 16.4. The summed E-state index contributed by atoms with van der Waals surface area (Å²) in [5.74, 6) is 0.418. The third-order valence-electron chi connectivity index (χ3n) is 8.58. The SMILES string of the molecule is CN[C@@H](C)C(=O)N[C@H](C(=O)N1CCC[C@H]1C(=O)Nc1cc2c(Nc3ccc(OCc4ccccn4)c(Cl)c3)ncnc2cc1OC)C(C)(C)C.Cl. The molecule has 4 aromatic rings. The number of halogens is 2. The van der Waals surface area contributed by atoms with Crippen LogP contribution in [0.5, 0.6) is 11.5 Å². The second-order valence-corrected chi connectivity index (χ2v) is 13.6. The highest BCUT2D eigenvalue weighted by molar-refractivity contribution is 6.32. The van der Waals surface area contributed by atoms with Gasteiger partial charge in [-0.1, -0.05) is 38.4 Å². The van der Waals surface area contributed by atoms with E-state index in [0.717, 1.165) is 5.69 Å². The Labute approximate surface area is 308 Å². The normalized spacial score (nSPS) is 15.4. The van der Waals surface area contributed by atoms with Crippen LogP contribution < -0.4 is 30.7 Å². The van der Waals surface area contributed by atoms with Crippen molar-refractivity contribution in [2.24, 2.45) is 5.41 Å². The lowest BCUT2D eigenvalue weighted by Crippen LogP contribution is -2.59. The summed E-state index contributed by atoms with van der Waals surface area (Å²) in [7, 11) is 3.19. The van der Waals surface area contributed by atoms with Crippen molar-refractivity contribution in [3.8, 4) is 11.5 Å². The Kier molecular flexibility index (Phi) is 13.0. The average molecular weight is 740 g/mol. The van der Waals surface area contributed by atoms with Crippen LogP contribution in [0.25, 0.3) is 10.9 Å². The second-order valence-electron chi connectivity index (χ2n) is 13.2. The van der Waals surface area contributed by atoms with Crippen molar-refractivity contribution >= 4 is 69.8 Å². The third kappa shape index (κ3) is 9.34. The number of hydrogen-bond acceptors (Lipinski definition) is 10. The molecule has 4 N–H and O–H groups in total. The van der Waals surface area contributed by atoms with Gasteiger partial charge in [-0.3, -0.25) is 19.4 Å². The number of ether oxygens (including phenoxy) is 2. The molecule has 1 aliphatic heterocycles. The van der Waals surface area contributed by atoms with Crippen molar-refractivity contribution < 1.29 is 23.9 Å². The van der Waals surface area contributed by atoms with Crippen molar-refractivity contribution in [2.75, 3.05) is 31.3 Å². The second kappa shape index (κ2) is 17.0. The molecule has 0 radical (unpaired) electrons. The van der Waals surface area contributed by atoms with Gasteiger partial charge in [0, 0.05) is 29.9 Å². The molecule has 0 bridgehead atoms. The predicted molar refractivity (Wildman–Crippen MR) is 200 cm³/mol. The van der Waals surface area contributed by atoms with E-state index >= 15 is 0 Å². The Balaban J connectivity index is 0.00000583. The molecule has 272 valence electrons. The first-order chi connectivity index (χ1) is 23.9. The van der Waals surface area contributed by atoms with Crippen LogP contribution in [0, 0.1) is 5.41 Å². The summed E-state index contributed by atoms with van der Waals surface area (Å²) in [5.41, 5.74) is 1.82. The predicted octanol–water partition coefficient (Wildman–Crippen LogP) is 5.50.